The standard InChI is InChI=1S/C20H23N5O2/c1-11(2)18(26)22-14-7-5-13(6-8-14)15-9-10-16-17(23-15)19(27-12(3)4)25-20(21)24-16/h5-12H,1-4H3,(H,22,26)(H2,21,24,25). The minimum Gasteiger partial charge on any atom is -0.473 e. The summed E-state index contributed by atoms with van der Waals surface area (Å²) in [4.78, 5) is 24.9. The summed E-state index contributed by atoms with van der Waals surface area (Å²) in [7, 11) is 0. The number of anilines is 2. The predicted molar refractivity (Wildman–Crippen MR) is 106 cm³/mol. The van der Waals surface area contributed by atoms with Gasteiger partial charge in [-0.05, 0) is 38.1 Å². The van der Waals surface area contributed by atoms with Gasteiger partial charge in [0.05, 0.1) is 17.3 Å². The van der Waals surface area contributed by atoms with Gasteiger partial charge < -0.3 is 15.8 Å². The van der Waals surface area contributed by atoms with E-state index >= 15 is 0 Å². The van der Waals surface area contributed by atoms with Crippen LogP contribution in [0.3, 0.4) is 0 Å². The maximum Gasteiger partial charge on any atom is 0.245 e. The Morgan fingerprint density at radius 1 is 1.00 bits per heavy atom. The lowest BCUT2D eigenvalue weighted by Gasteiger charge is -2.12. The van der Waals surface area contributed by atoms with Crippen LogP contribution < -0.4 is 15.8 Å². The largest absolute Gasteiger partial charge is 0.473 e. The first-order chi connectivity index (χ1) is 12.8. The third kappa shape index (κ3) is 4.31. The van der Waals surface area contributed by atoms with Crippen molar-refractivity contribution in [3.05, 3.63) is 36.4 Å². The van der Waals surface area contributed by atoms with Crippen molar-refractivity contribution in [2.75, 3.05) is 11.1 Å². The lowest BCUT2D eigenvalue weighted by atomic mass is 10.1. The van der Waals surface area contributed by atoms with Crippen LogP contribution in [0.1, 0.15) is 27.7 Å². The van der Waals surface area contributed by atoms with E-state index in [-0.39, 0.29) is 23.9 Å². The lowest BCUT2D eigenvalue weighted by Crippen LogP contribution is -2.17. The first-order valence-corrected chi connectivity index (χ1v) is 8.85. The number of nitrogen functional groups attached to an aromatic ring is 1. The monoisotopic (exact) mass is 365 g/mol. The van der Waals surface area contributed by atoms with Gasteiger partial charge in [-0.2, -0.15) is 4.98 Å². The van der Waals surface area contributed by atoms with Crippen molar-refractivity contribution in [2.24, 2.45) is 5.92 Å². The molecule has 0 aliphatic heterocycles. The van der Waals surface area contributed by atoms with Crippen LogP contribution in [0.25, 0.3) is 22.3 Å². The third-order valence-electron chi connectivity index (χ3n) is 3.85. The molecule has 0 aliphatic rings. The van der Waals surface area contributed by atoms with E-state index in [0.717, 1.165) is 16.9 Å². The quantitative estimate of drug-likeness (QED) is 0.715. The molecule has 3 rings (SSSR count). The van der Waals surface area contributed by atoms with E-state index in [1.807, 2.05) is 64.1 Å². The van der Waals surface area contributed by atoms with E-state index in [9.17, 15) is 4.79 Å². The van der Waals surface area contributed by atoms with Gasteiger partial charge in [0.1, 0.15) is 0 Å². The van der Waals surface area contributed by atoms with Crippen LogP contribution in [0.4, 0.5) is 11.6 Å². The number of rotatable bonds is 5. The van der Waals surface area contributed by atoms with Crippen LogP contribution in [0.2, 0.25) is 0 Å². The van der Waals surface area contributed by atoms with Gasteiger partial charge in [0.2, 0.25) is 17.7 Å². The molecule has 140 valence electrons. The predicted octanol–water partition coefficient (Wildman–Crippen LogP) is 3.66. The number of aromatic nitrogens is 3. The summed E-state index contributed by atoms with van der Waals surface area (Å²) in [6, 6.07) is 11.2. The van der Waals surface area contributed by atoms with Gasteiger partial charge in [-0.3, -0.25) is 4.79 Å². The molecule has 3 aromatic rings. The summed E-state index contributed by atoms with van der Waals surface area (Å²) in [5, 5.41) is 2.87. The van der Waals surface area contributed by atoms with Crippen molar-refractivity contribution in [3.63, 3.8) is 0 Å². The van der Waals surface area contributed by atoms with E-state index in [0.29, 0.717) is 16.9 Å². The maximum absolute atomic E-state index is 11.8. The summed E-state index contributed by atoms with van der Waals surface area (Å²) >= 11 is 0. The van der Waals surface area contributed by atoms with E-state index in [1.165, 1.54) is 0 Å². The Morgan fingerprint density at radius 3 is 2.33 bits per heavy atom. The zero-order valence-corrected chi connectivity index (χ0v) is 15.9. The first-order valence-electron chi connectivity index (χ1n) is 8.85. The second-order valence-electron chi connectivity index (χ2n) is 6.84. The molecule has 0 unspecified atom stereocenters. The number of nitrogens with two attached hydrogens (primary N) is 1. The van der Waals surface area contributed by atoms with Crippen molar-refractivity contribution >= 4 is 28.6 Å². The highest BCUT2D eigenvalue weighted by molar-refractivity contribution is 5.92. The first kappa shape index (κ1) is 18.6. The minimum absolute atomic E-state index is 0.0169. The number of benzene rings is 1. The SMILES string of the molecule is CC(C)Oc1nc(N)nc2ccc(-c3ccc(NC(=O)C(C)C)cc3)nc12. The summed E-state index contributed by atoms with van der Waals surface area (Å²) in [6.07, 6.45) is -0.0585. The average molecular weight is 365 g/mol. The lowest BCUT2D eigenvalue weighted by molar-refractivity contribution is -0.118. The van der Waals surface area contributed by atoms with Crippen LogP contribution in [0.5, 0.6) is 5.88 Å². The number of carbonyl (C=O) groups excluding carboxylic acids is 1. The highest BCUT2D eigenvalue weighted by atomic mass is 16.5. The molecule has 27 heavy (non-hydrogen) atoms. The Hall–Kier alpha value is -3.22. The van der Waals surface area contributed by atoms with Crippen molar-refractivity contribution in [3.8, 4) is 17.1 Å². The fourth-order valence-electron chi connectivity index (χ4n) is 2.48. The molecule has 2 aromatic heterocycles. The molecule has 1 amide bonds. The van der Waals surface area contributed by atoms with Gasteiger partial charge in [0.25, 0.3) is 0 Å². The molecule has 0 radical (unpaired) electrons. The number of amides is 1. The molecule has 2 heterocycles. The number of hydrogen-bond donors (Lipinski definition) is 2. The van der Waals surface area contributed by atoms with Gasteiger partial charge >= 0.3 is 0 Å². The molecule has 0 bridgehead atoms. The number of ether oxygens (including phenoxy) is 1. The molecule has 0 atom stereocenters. The molecular weight excluding hydrogens is 342 g/mol. The zero-order valence-electron chi connectivity index (χ0n) is 15.9. The molecular formula is C20H23N5O2. The van der Waals surface area contributed by atoms with Crippen LogP contribution in [0.15, 0.2) is 36.4 Å². The van der Waals surface area contributed by atoms with Crippen LogP contribution in [0, 0.1) is 5.92 Å². The van der Waals surface area contributed by atoms with Crippen LogP contribution >= 0.6 is 0 Å². The number of fused-ring (bicyclic) bond motifs is 1. The van der Waals surface area contributed by atoms with Gasteiger partial charge in [0, 0.05) is 17.2 Å². The van der Waals surface area contributed by atoms with Crippen molar-refractivity contribution < 1.29 is 9.53 Å². The normalized spacial score (nSPS) is 11.2. The molecule has 0 spiro atoms. The van der Waals surface area contributed by atoms with Gasteiger partial charge in [-0.15, -0.1) is 0 Å². The van der Waals surface area contributed by atoms with E-state index in [2.05, 4.69) is 20.3 Å². The topological polar surface area (TPSA) is 103 Å². The summed E-state index contributed by atoms with van der Waals surface area (Å²) in [5.74, 6) is 0.434. The molecule has 1 aromatic carbocycles. The molecule has 0 saturated carbocycles. The second-order valence-corrected chi connectivity index (χ2v) is 6.84. The number of hydrogen-bond acceptors (Lipinski definition) is 6. The van der Waals surface area contributed by atoms with Gasteiger partial charge in [-0.1, -0.05) is 26.0 Å². The Morgan fingerprint density at radius 2 is 1.70 bits per heavy atom. The minimum atomic E-state index is -0.0707. The molecule has 7 nitrogen and oxygen atoms in total. The van der Waals surface area contributed by atoms with Crippen molar-refractivity contribution in [2.45, 2.75) is 33.8 Å². The summed E-state index contributed by atoms with van der Waals surface area (Å²) < 4.78 is 5.74. The number of carbonyl (C=O) groups is 1. The van der Waals surface area contributed by atoms with Crippen LogP contribution in [-0.2, 0) is 4.79 Å². The maximum atomic E-state index is 11.8. The fraction of sp³-hybridized carbons (Fsp3) is 0.300. The van der Waals surface area contributed by atoms with E-state index < -0.39 is 0 Å². The Balaban J connectivity index is 1.95. The average Bonchev–Trinajstić information content (AvgIpc) is 2.61. The van der Waals surface area contributed by atoms with E-state index in [1.54, 1.807) is 0 Å². The molecule has 0 saturated heterocycles. The highest BCUT2D eigenvalue weighted by Crippen LogP contribution is 2.27. The smallest absolute Gasteiger partial charge is 0.245 e. The Kier molecular flexibility index (Phi) is 5.21. The Bertz CT molecular complexity index is 968. The van der Waals surface area contributed by atoms with E-state index in [4.69, 9.17) is 10.5 Å². The number of pyridine rings is 1. The summed E-state index contributed by atoms with van der Waals surface area (Å²) in [6.45, 7) is 7.54. The van der Waals surface area contributed by atoms with Crippen molar-refractivity contribution in [1.82, 2.24) is 15.0 Å². The second kappa shape index (κ2) is 7.57. The zero-order chi connectivity index (χ0) is 19.6. The van der Waals surface area contributed by atoms with Gasteiger partial charge in [0.15, 0.2) is 5.52 Å². The fourth-order valence-corrected chi connectivity index (χ4v) is 2.48. The summed E-state index contributed by atoms with van der Waals surface area (Å²) in [5.41, 5.74) is 9.37. The third-order valence-corrected chi connectivity index (χ3v) is 3.85. The molecule has 3 N–H and O–H groups in total. The number of nitrogens with one attached hydrogen (secondary N) is 1. The highest BCUT2D eigenvalue weighted by Gasteiger charge is 2.13. The molecule has 0 aliphatic carbocycles. The van der Waals surface area contributed by atoms with Crippen LogP contribution in [-0.4, -0.2) is 27.0 Å². The molecule has 0 fully saturated rings. The number of nitrogens with zero attached hydrogens (tertiary/aromatic N) is 3. The Labute approximate surface area is 158 Å². The molecule has 7 heteroatoms. The van der Waals surface area contributed by atoms with Gasteiger partial charge in [-0.25, -0.2) is 9.97 Å². The van der Waals surface area contributed by atoms with Crippen molar-refractivity contribution in [1.29, 1.82) is 0 Å².